The molecule has 0 atom stereocenters. The summed E-state index contributed by atoms with van der Waals surface area (Å²) in [5, 5.41) is 3.06. The smallest absolute Gasteiger partial charge is 0.246 e. The van der Waals surface area contributed by atoms with Gasteiger partial charge in [0.1, 0.15) is 12.4 Å². The van der Waals surface area contributed by atoms with Crippen LogP contribution in [0.2, 0.25) is 0 Å². The summed E-state index contributed by atoms with van der Waals surface area (Å²) < 4.78 is 5.83. The first-order valence-electron chi connectivity index (χ1n) is 9.99. The molecule has 0 N–H and O–H groups in total. The summed E-state index contributed by atoms with van der Waals surface area (Å²) >= 11 is 1.63. The molecule has 4 rings (SSSR count). The minimum atomic E-state index is 0.0929. The van der Waals surface area contributed by atoms with Crippen LogP contribution in [0.1, 0.15) is 29.1 Å². The molecule has 0 unspecified atom stereocenters. The normalized spacial score (nSPS) is 18.0. The maximum Gasteiger partial charge on any atom is 0.246 e. The van der Waals surface area contributed by atoms with Gasteiger partial charge < -0.3 is 9.64 Å². The molecule has 6 heteroatoms. The molecule has 148 valence electrons. The van der Waals surface area contributed by atoms with E-state index in [9.17, 15) is 4.79 Å². The first-order valence-corrected chi connectivity index (χ1v) is 10.9. The highest BCUT2D eigenvalue weighted by molar-refractivity contribution is 7.09. The highest BCUT2D eigenvalue weighted by atomic mass is 32.1. The highest BCUT2D eigenvalue weighted by Gasteiger charge is 2.27. The van der Waals surface area contributed by atoms with Gasteiger partial charge in [-0.3, -0.25) is 9.69 Å². The summed E-state index contributed by atoms with van der Waals surface area (Å²) in [7, 11) is 0. The largest absolute Gasteiger partial charge is 0.487 e. The zero-order valence-electron chi connectivity index (χ0n) is 16.3. The van der Waals surface area contributed by atoms with E-state index in [-0.39, 0.29) is 5.91 Å². The molecule has 5 nitrogen and oxygen atoms in total. The Kier molecular flexibility index (Phi) is 6.07. The van der Waals surface area contributed by atoms with Crippen molar-refractivity contribution in [2.45, 2.75) is 26.4 Å². The molecule has 2 aromatic rings. The SMILES string of the molecule is Cc1nc(COc2cccc(/C=C/C(=O)N3CCN(CC4CC4)CC3)c2)cs1. The van der Waals surface area contributed by atoms with E-state index in [0.717, 1.165) is 54.1 Å². The predicted molar refractivity (Wildman–Crippen MR) is 112 cm³/mol. The minimum absolute atomic E-state index is 0.0929. The molecule has 0 bridgehead atoms. The number of carbonyl (C=O) groups excluding carboxylic acids is 1. The van der Waals surface area contributed by atoms with Gasteiger partial charge in [-0.05, 0) is 49.5 Å². The Morgan fingerprint density at radius 3 is 2.82 bits per heavy atom. The van der Waals surface area contributed by atoms with Gasteiger partial charge in [-0.25, -0.2) is 4.98 Å². The second-order valence-corrected chi connectivity index (χ2v) is 8.68. The monoisotopic (exact) mass is 397 g/mol. The Morgan fingerprint density at radius 1 is 1.29 bits per heavy atom. The number of carbonyl (C=O) groups is 1. The molecule has 1 aliphatic carbocycles. The molecule has 0 radical (unpaired) electrons. The van der Waals surface area contributed by atoms with Crippen molar-refractivity contribution in [2.24, 2.45) is 5.92 Å². The summed E-state index contributed by atoms with van der Waals surface area (Å²) in [6, 6.07) is 7.81. The summed E-state index contributed by atoms with van der Waals surface area (Å²) in [4.78, 5) is 21.3. The van der Waals surface area contributed by atoms with Crippen LogP contribution in [0.5, 0.6) is 5.75 Å². The summed E-state index contributed by atoms with van der Waals surface area (Å²) in [6.07, 6.45) is 6.32. The van der Waals surface area contributed by atoms with Gasteiger partial charge in [0.05, 0.1) is 10.7 Å². The molecule has 28 heavy (non-hydrogen) atoms. The number of ether oxygens (including phenoxy) is 1. The van der Waals surface area contributed by atoms with Crippen LogP contribution in [0, 0.1) is 12.8 Å². The summed E-state index contributed by atoms with van der Waals surface area (Å²) in [6.45, 7) is 7.31. The lowest BCUT2D eigenvalue weighted by Gasteiger charge is -2.34. The fraction of sp³-hybridized carbons (Fsp3) is 0.455. The van der Waals surface area contributed by atoms with Gasteiger partial charge in [0.25, 0.3) is 0 Å². The average Bonchev–Trinajstić information content (AvgIpc) is 3.43. The number of thiazole rings is 1. The van der Waals surface area contributed by atoms with Crippen LogP contribution in [0.3, 0.4) is 0 Å². The number of amides is 1. The number of piperazine rings is 1. The number of rotatable bonds is 7. The summed E-state index contributed by atoms with van der Waals surface area (Å²) in [5.74, 6) is 1.79. The Morgan fingerprint density at radius 2 is 2.11 bits per heavy atom. The Hall–Kier alpha value is -2.18. The number of hydrogen-bond donors (Lipinski definition) is 0. The van der Waals surface area contributed by atoms with Gasteiger partial charge in [0, 0.05) is 44.2 Å². The molecule has 1 amide bonds. The average molecular weight is 398 g/mol. The topological polar surface area (TPSA) is 45.7 Å². The third-order valence-corrected chi connectivity index (χ3v) is 6.05. The lowest BCUT2D eigenvalue weighted by Crippen LogP contribution is -2.48. The molecule has 1 aromatic carbocycles. The predicted octanol–water partition coefficient (Wildman–Crippen LogP) is 3.60. The lowest BCUT2D eigenvalue weighted by atomic mass is 10.2. The fourth-order valence-electron chi connectivity index (χ4n) is 3.43. The van der Waals surface area contributed by atoms with Crippen LogP contribution >= 0.6 is 11.3 Å². The van der Waals surface area contributed by atoms with Gasteiger partial charge >= 0.3 is 0 Å². The van der Waals surface area contributed by atoms with E-state index in [2.05, 4.69) is 9.88 Å². The first kappa shape index (κ1) is 19.2. The molecule has 2 heterocycles. The van der Waals surface area contributed by atoms with Crippen molar-refractivity contribution < 1.29 is 9.53 Å². The van der Waals surface area contributed by atoms with Gasteiger partial charge in [0.2, 0.25) is 5.91 Å². The number of aryl methyl sites for hydroxylation is 1. The van der Waals surface area contributed by atoms with Crippen molar-refractivity contribution in [3.63, 3.8) is 0 Å². The van der Waals surface area contributed by atoms with E-state index in [1.165, 1.54) is 19.4 Å². The maximum atomic E-state index is 12.5. The number of nitrogens with zero attached hydrogens (tertiary/aromatic N) is 3. The Labute approximate surface area is 170 Å². The van der Waals surface area contributed by atoms with Gasteiger partial charge in [0.15, 0.2) is 0 Å². The third kappa shape index (κ3) is 5.42. The quantitative estimate of drug-likeness (QED) is 0.670. The van der Waals surface area contributed by atoms with Gasteiger partial charge in [-0.15, -0.1) is 11.3 Å². The van der Waals surface area contributed by atoms with Gasteiger partial charge in [-0.2, -0.15) is 0 Å². The van der Waals surface area contributed by atoms with Crippen molar-refractivity contribution >= 4 is 23.3 Å². The molecular weight excluding hydrogens is 370 g/mol. The van der Waals surface area contributed by atoms with Crippen molar-refractivity contribution in [3.05, 3.63) is 52.0 Å². The van der Waals surface area contributed by atoms with Gasteiger partial charge in [-0.1, -0.05) is 12.1 Å². The van der Waals surface area contributed by atoms with E-state index in [1.54, 1.807) is 17.4 Å². The van der Waals surface area contributed by atoms with Crippen LogP contribution in [-0.2, 0) is 11.4 Å². The zero-order chi connectivity index (χ0) is 19.3. The van der Waals surface area contributed by atoms with E-state index >= 15 is 0 Å². The number of hydrogen-bond acceptors (Lipinski definition) is 5. The molecule has 2 fully saturated rings. The Bertz CT molecular complexity index is 836. The molecule has 1 saturated carbocycles. The Balaban J connectivity index is 1.27. The fourth-order valence-corrected chi connectivity index (χ4v) is 4.03. The first-order chi connectivity index (χ1) is 13.7. The zero-order valence-corrected chi connectivity index (χ0v) is 17.2. The van der Waals surface area contributed by atoms with Crippen molar-refractivity contribution in [1.82, 2.24) is 14.8 Å². The van der Waals surface area contributed by atoms with Crippen LogP contribution in [-0.4, -0.2) is 53.4 Å². The second-order valence-electron chi connectivity index (χ2n) is 7.62. The van der Waals surface area contributed by atoms with E-state index in [0.29, 0.717) is 6.61 Å². The van der Waals surface area contributed by atoms with Crippen LogP contribution < -0.4 is 4.74 Å². The molecule has 1 aliphatic heterocycles. The van der Waals surface area contributed by atoms with E-state index in [4.69, 9.17) is 4.74 Å². The standard InChI is InChI=1S/C22H27N3O2S/c1-17-23-20(16-28-17)15-27-21-4-2-3-18(13-21)7-8-22(26)25-11-9-24(10-12-25)14-19-5-6-19/h2-4,7-8,13,16,19H,5-6,9-12,14-15H2,1H3/b8-7+. The second kappa shape index (κ2) is 8.88. The lowest BCUT2D eigenvalue weighted by molar-refractivity contribution is -0.127. The molecule has 1 aromatic heterocycles. The molecule has 0 spiro atoms. The maximum absolute atomic E-state index is 12.5. The molecule has 1 saturated heterocycles. The number of aromatic nitrogens is 1. The third-order valence-electron chi connectivity index (χ3n) is 5.23. The van der Waals surface area contributed by atoms with Crippen molar-refractivity contribution in [2.75, 3.05) is 32.7 Å². The minimum Gasteiger partial charge on any atom is -0.487 e. The highest BCUT2D eigenvalue weighted by Crippen LogP contribution is 2.29. The van der Waals surface area contributed by atoms with Crippen LogP contribution in [0.15, 0.2) is 35.7 Å². The van der Waals surface area contributed by atoms with E-state index < -0.39 is 0 Å². The number of benzene rings is 1. The van der Waals surface area contributed by atoms with Crippen molar-refractivity contribution in [1.29, 1.82) is 0 Å². The van der Waals surface area contributed by atoms with Crippen LogP contribution in [0.25, 0.3) is 6.08 Å². The van der Waals surface area contributed by atoms with Crippen LogP contribution in [0.4, 0.5) is 0 Å². The summed E-state index contributed by atoms with van der Waals surface area (Å²) in [5.41, 5.74) is 1.91. The molecular formula is C22H27N3O2S. The molecule has 2 aliphatic rings. The van der Waals surface area contributed by atoms with Crippen molar-refractivity contribution in [3.8, 4) is 5.75 Å². The van der Waals surface area contributed by atoms with E-state index in [1.807, 2.05) is 47.5 Å².